The van der Waals surface area contributed by atoms with Crippen LogP contribution in [-0.2, 0) is 6.61 Å². The second-order valence-corrected chi connectivity index (χ2v) is 6.12. The summed E-state index contributed by atoms with van der Waals surface area (Å²) in [6, 6.07) is 0. The summed E-state index contributed by atoms with van der Waals surface area (Å²) in [6.07, 6.45) is 6.64. The Morgan fingerprint density at radius 1 is 1.31 bits per heavy atom. The molecule has 1 aromatic rings. The molecule has 1 N–H and O–H groups in total. The lowest BCUT2D eigenvalue weighted by atomic mass is 9.90. The molecule has 1 saturated carbocycles. The Hall–Kier alpha value is -0.410. The van der Waals surface area contributed by atoms with Gasteiger partial charge in [0.2, 0.25) is 0 Å². The SMILES string of the molecule is CC(C)c1nc(C2CCCCC2)sc1CO. The summed E-state index contributed by atoms with van der Waals surface area (Å²) in [4.78, 5) is 5.84. The molecule has 1 aliphatic rings. The lowest BCUT2D eigenvalue weighted by molar-refractivity contribution is 0.283. The number of hydrogen-bond acceptors (Lipinski definition) is 3. The molecule has 2 rings (SSSR count). The summed E-state index contributed by atoms with van der Waals surface area (Å²) in [6.45, 7) is 4.45. The molecule has 0 bridgehead atoms. The van der Waals surface area contributed by atoms with Crippen LogP contribution in [0.1, 0.15) is 73.4 Å². The van der Waals surface area contributed by atoms with Gasteiger partial charge in [-0.25, -0.2) is 4.98 Å². The number of rotatable bonds is 3. The van der Waals surface area contributed by atoms with Crippen LogP contribution in [0, 0.1) is 0 Å². The van der Waals surface area contributed by atoms with Crippen LogP contribution in [0.3, 0.4) is 0 Å². The molecule has 1 heterocycles. The van der Waals surface area contributed by atoms with Crippen molar-refractivity contribution in [3.63, 3.8) is 0 Å². The minimum Gasteiger partial charge on any atom is -0.391 e. The Kier molecular flexibility index (Phi) is 3.98. The van der Waals surface area contributed by atoms with Crippen LogP contribution in [0.15, 0.2) is 0 Å². The van der Waals surface area contributed by atoms with Gasteiger partial charge in [0.1, 0.15) is 0 Å². The van der Waals surface area contributed by atoms with Crippen molar-refractivity contribution in [1.82, 2.24) is 4.98 Å². The van der Waals surface area contributed by atoms with Gasteiger partial charge >= 0.3 is 0 Å². The Labute approximate surface area is 102 Å². The Morgan fingerprint density at radius 2 is 2.00 bits per heavy atom. The van der Waals surface area contributed by atoms with E-state index in [9.17, 15) is 5.11 Å². The van der Waals surface area contributed by atoms with Gasteiger partial charge in [0.05, 0.1) is 22.2 Å². The molecular weight excluding hydrogens is 218 g/mol. The highest BCUT2D eigenvalue weighted by molar-refractivity contribution is 7.11. The van der Waals surface area contributed by atoms with E-state index >= 15 is 0 Å². The average molecular weight is 239 g/mol. The van der Waals surface area contributed by atoms with E-state index in [1.54, 1.807) is 11.3 Å². The van der Waals surface area contributed by atoms with Gasteiger partial charge in [-0.15, -0.1) is 11.3 Å². The highest BCUT2D eigenvalue weighted by Gasteiger charge is 2.21. The first-order valence-electron chi connectivity index (χ1n) is 6.32. The molecule has 0 radical (unpaired) electrons. The first-order valence-corrected chi connectivity index (χ1v) is 7.14. The average Bonchev–Trinajstić information content (AvgIpc) is 2.74. The highest BCUT2D eigenvalue weighted by atomic mass is 32.1. The van der Waals surface area contributed by atoms with Crippen molar-refractivity contribution in [2.75, 3.05) is 0 Å². The van der Waals surface area contributed by atoms with Crippen molar-refractivity contribution >= 4 is 11.3 Å². The molecule has 1 aliphatic carbocycles. The predicted octanol–water partition coefficient (Wildman–Crippen LogP) is 3.81. The molecular formula is C13H21NOS. The summed E-state index contributed by atoms with van der Waals surface area (Å²) in [5.41, 5.74) is 1.12. The smallest absolute Gasteiger partial charge is 0.0963 e. The topological polar surface area (TPSA) is 33.1 Å². The maximum atomic E-state index is 9.35. The number of thiazole rings is 1. The zero-order chi connectivity index (χ0) is 11.5. The van der Waals surface area contributed by atoms with Crippen LogP contribution in [0.25, 0.3) is 0 Å². The molecule has 90 valence electrons. The van der Waals surface area contributed by atoms with Gasteiger partial charge in [0.25, 0.3) is 0 Å². The van der Waals surface area contributed by atoms with Crippen molar-refractivity contribution in [1.29, 1.82) is 0 Å². The summed E-state index contributed by atoms with van der Waals surface area (Å²) < 4.78 is 0. The van der Waals surface area contributed by atoms with E-state index in [1.807, 2.05) is 0 Å². The van der Waals surface area contributed by atoms with Crippen LogP contribution in [0.2, 0.25) is 0 Å². The molecule has 2 nitrogen and oxygen atoms in total. The molecule has 0 saturated heterocycles. The number of nitrogens with zero attached hydrogens (tertiary/aromatic N) is 1. The van der Waals surface area contributed by atoms with E-state index in [0.717, 1.165) is 10.6 Å². The van der Waals surface area contributed by atoms with E-state index in [2.05, 4.69) is 13.8 Å². The van der Waals surface area contributed by atoms with E-state index < -0.39 is 0 Å². The molecule has 0 aromatic carbocycles. The molecule has 0 spiro atoms. The van der Waals surface area contributed by atoms with Gasteiger partial charge in [-0.3, -0.25) is 0 Å². The minimum atomic E-state index is 0.151. The maximum Gasteiger partial charge on any atom is 0.0963 e. The Balaban J connectivity index is 2.20. The van der Waals surface area contributed by atoms with Crippen LogP contribution >= 0.6 is 11.3 Å². The molecule has 0 unspecified atom stereocenters. The molecule has 16 heavy (non-hydrogen) atoms. The second-order valence-electron chi connectivity index (χ2n) is 5.01. The molecule has 0 atom stereocenters. The third kappa shape index (κ3) is 2.46. The van der Waals surface area contributed by atoms with E-state index in [4.69, 9.17) is 4.98 Å². The van der Waals surface area contributed by atoms with E-state index in [0.29, 0.717) is 11.8 Å². The molecule has 3 heteroatoms. The monoisotopic (exact) mass is 239 g/mol. The lowest BCUT2D eigenvalue weighted by Crippen LogP contribution is -2.04. The first kappa shape index (κ1) is 12.1. The minimum absolute atomic E-state index is 0.151. The van der Waals surface area contributed by atoms with E-state index in [1.165, 1.54) is 37.1 Å². The standard InChI is InChI=1S/C13H21NOS/c1-9(2)12-11(8-15)16-13(14-12)10-6-4-3-5-7-10/h9-10,15H,3-8H2,1-2H3. The maximum absolute atomic E-state index is 9.35. The van der Waals surface area contributed by atoms with Gasteiger partial charge in [0, 0.05) is 5.92 Å². The first-order chi connectivity index (χ1) is 7.72. The largest absolute Gasteiger partial charge is 0.391 e. The normalized spacial score (nSPS) is 18.2. The van der Waals surface area contributed by atoms with Crippen LogP contribution in [-0.4, -0.2) is 10.1 Å². The fourth-order valence-electron chi connectivity index (χ4n) is 2.47. The quantitative estimate of drug-likeness (QED) is 0.870. The predicted molar refractivity (Wildman–Crippen MR) is 68.0 cm³/mol. The third-order valence-corrected chi connectivity index (χ3v) is 4.61. The fourth-order valence-corrected chi connectivity index (χ4v) is 3.72. The van der Waals surface area contributed by atoms with Gasteiger partial charge in [-0.2, -0.15) is 0 Å². The fraction of sp³-hybridized carbons (Fsp3) is 0.769. The van der Waals surface area contributed by atoms with Crippen molar-refractivity contribution in [2.45, 2.75) is 64.4 Å². The van der Waals surface area contributed by atoms with Crippen LogP contribution < -0.4 is 0 Å². The number of aromatic nitrogens is 1. The zero-order valence-corrected chi connectivity index (χ0v) is 11.0. The molecule has 1 fully saturated rings. The number of aliphatic hydroxyl groups excluding tert-OH is 1. The van der Waals surface area contributed by atoms with Crippen LogP contribution in [0.4, 0.5) is 0 Å². The Morgan fingerprint density at radius 3 is 2.50 bits per heavy atom. The van der Waals surface area contributed by atoms with E-state index in [-0.39, 0.29) is 6.61 Å². The molecule has 0 amide bonds. The van der Waals surface area contributed by atoms with Gasteiger partial charge < -0.3 is 5.11 Å². The Bertz CT molecular complexity index is 340. The molecule has 0 aliphatic heterocycles. The van der Waals surface area contributed by atoms with Gasteiger partial charge in [-0.05, 0) is 18.8 Å². The van der Waals surface area contributed by atoms with Crippen molar-refractivity contribution in [3.05, 3.63) is 15.6 Å². The lowest BCUT2D eigenvalue weighted by Gasteiger charge is -2.18. The summed E-state index contributed by atoms with van der Waals surface area (Å²) in [5, 5.41) is 10.6. The molecule has 1 aromatic heterocycles. The zero-order valence-electron chi connectivity index (χ0n) is 10.2. The van der Waals surface area contributed by atoms with Crippen molar-refractivity contribution in [3.8, 4) is 0 Å². The number of aliphatic hydroxyl groups is 1. The van der Waals surface area contributed by atoms with Crippen LogP contribution in [0.5, 0.6) is 0 Å². The van der Waals surface area contributed by atoms with Crippen molar-refractivity contribution < 1.29 is 5.11 Å². The summed E-state index contributed by atoms with van der Waals surface area (Å²) in [5.74, 6) is 1.09. The summed E-state index contributed by atoms with van der Waals surface area (Å²) >= 11 is 1.73. The van der Waals surface area contributed by atoms with Gasteiger partial charge in [-0.1, -0.05) is 33.1 Å². The highest BCUT2D eigenvalue weighted by Crippen LogP contribution is 2.37. The second kappa shape index (κ2) is 5.28. The summed E-state index contributed by atoms with van der Waals surface area (Å²) in [7, 11) is 0. The number of hydrogen-bond donors (Lipinski definition) is 1. The van der Waals surface area contributed by atoms with Gasteiger partial charge in [0.15, 0.2) is 0 Å². The third-order valence-electron chi connectivity index (χ3n) is 3.39. The van der Waals surface area contributed by atoms with Crippen molar-refractivity contribution in [2.24, 2.45) is 0 Å².